The van der Waals surface area contributed by atoms with Gasteiger partial charge in [0.05, 0.1) is 0 Å². The molecule has 33 heavy (non-hydrogen) atoms. The maximum Gasteiger partial charge on any atom is 0.129 e. The normalized spacial score (nSPS) is 14.7. The van der Waals surface area contributed by atoms with Gasteiger partial charge in [0.1, 0.15) is 11.3 Å². The molecule has 3 heteroatoms. The molecule has 0 amide bonds. The molecule has 0 spiro atoms. The number of nitrogens with zero attached hydrogens (tertiary/aromatic N) is 1. The zero-order chi connectivity index (χ0) is 23.6. The van der Waals surface area contributed by atoms with Crippen molar-refractivity contribution < 1.29 is 4.84 Å². The van der Waals surface area contributed by atoms with E-state index in [2.05, 4.69) is 92.0 Å². The summed E-state index contributed by atoms with van der Waals surface area (Å²) in [5, 5.41) is 6.81. The molecule has 0 bridgehead atoms. The predicted molar refractivity (Wildman–Crippen MR) is 143 cm³/mol. The van der Waals surface area contributed by atoms with Crippen LogP contribution in [0.5, 0.6) is 0 Å². The molecule has 0 N–H and O–H groups in total. The van der Waals surface area contributed by atoms with Crippen LogP contribution in [0.1, 0.15) is 81.5 Å². The van der Waals surface area contributed by atoms with Gasteiger partial charge in [-0.2, -0.15) is 0 Å². The lowest BCUT2D eigenvalue weighted by Gasteiger charge is -2.18. The third kappa shape index (κ3) is 5.47. The van der Waals surface area contributed by atoms with Crippen molar-refractivity contribution >= 4 is 23.1 Å². The molecule has 2 aromatic carbocycles. The van der Waals surface area contributed by atoms with Crippen LogP contribution >= 0.6 is 11.3 Å². The highest BCUT2D eigenvalue weighted by Crippen LogP contribution is 2.38. The minimum Gasteiger partial charge on any atom is -0.390 e. The molecule has 0 saturated carbocycles. The van der Waals surface area contributed by atoms with Crippen molar-refractivity contribution in [3.63, 3.8) is 0 Å². The van der Waals surface area contributed by atoms with Gasteiger partial charge in [-0.15, -0.1) is 11.3 Å². The Balaban J connectivity index is 1.48. The third-order valence-corrected chi connectivity index (χ3v) is 7.12. The van der Waals surface area contributed by atoms with Gasteiger partial charge >= 0.3 is 0 Å². The Bertz CT molecular complexity index is 1180. The Morgan fingerprint density at radius 3 is 2.33 bits per heavy atom. The molecule has 1 aromatic heterocycles. The number of oxime groups is 1. The number of allylic oxidation sites excluding steroid dienone is 1. The first kappa shape index (κ1) is 23.5. The van der Waals surface area contributed by atoms with E-state index in [0.29, 0.717) is 0 Å². The van der Waals surface area contributed by atoms with Gasteiger partial charge in [-0.1, -0.05) is 74.5 Å². The summed E-state index contributed by atoms with van der Waals surface area (Å²) in [7, 11) is 0. The molecule has 2 nitrogen and oxygen atoms in total. The fourth-order valence-electron chi connectivity index (χ4n) is 4.27. The average molecular weight is 458 g/mol. The largest absolute Gasteiger partial charge is 0.390 e. The van der Waals surface area contributed by atoms with Crippen LogP contribution in [0, 0.1) is 0 Å². The van der Waals surface area contributed by atoms with Crippen LogP contribution in [-0.4, -0.2) is 11.3 Å². The Morgan fingerprint density at radius 2 is 1.61 bits per heavy atom. The van der Waals surface area contributed by atoms with Crippen molar-refractivity contribution in [1.29, 1.82) is 0 Å². The summed E-state index contributed by atoms with van der Waals surface area (Å²) in [5.41, 5.74) is 8.30. The Morgan fingerprint density at radius 1 is 0.879 bits per heavy atom. The Kier molecular flexibility index (Phi) is 6.63. The van der Waals surface area contributed by atoms with E-state index in [0.717, 1.165) is 29.7 Å². The average Bonchev–Trinajstić information content (AvgIpc) is 3.34. The number of rotatable bonds is 6. The topological polar surface area (TPSA) is 21.6 Å². The molecule has 4 rings (SSSR count). The van der Waals surface area contributed by atoms with Crippen LogP contribution in [-0.2, 0) is 16.7 Å². The van der Waals surface area contributed by atoms with E-state index in [1.165, 1.54) is 33.6 Å². The molecule has 172 valence electrons. The van der Waals surface area contributed by atoms with Crippen molar-refractivity contribution in [2.75, 3.05) is 0 Å². The Labute approximate surface area is 203 Å². The van der Waals surface area contributed by atoms with E-state index in [-0.39, 0.29) is 11.0 Å². The van der Waals surface area contributed by atoms with Crippen LogP contribution < -0.4 is 0 Å². The van der Waals surface area contributed by atoms with E-state index >= 15 is 0 Å². The highest BCUT2D eigenvalue weighted by molar-refractivity contribution is 7.10. The molecular weight excluding hydrogens is 422 g/mol. The lowest BCUT2D eigenvalue weighted by Crippen LogP contribution is -2.17. The van der Waals surface area contributed by atoms with E-state index in [9.17, 15) is 0 Å². The summed E-state index contributed by atoms with van der Waals surface area (Å²) in [4.78, 5) is 7.34. The minimum absolute atomic E-state index is 0.233. The van der Waals surface area contributed by atoms with E-state index in [1.807, 2.05) is 32.1 Å². The molecular formula is C30H35NOS. The van der Waals surface area contributed by atoms with Crippen molar-refractivity contribution in [3.05, 3.63) is 87.1 Å². The van der Waals surface area contributed by atoms with E-state index < -0.39 is 0 Å². The molecule has 1 heterocycles. The first-order valence-electron chi connectivity index (χ1n) is 11.9. The van der Waals surface area contributed by atoms with Crippen molar-refractivity contribution in [1.82, 2.24) is 0 Å². The number of thiophene rings is 1. The smallest absolute Gasteiger partial charge is 0.129 e. The summed E-state index contributed by atoms with van der Waals surface area (Å²) >= 11 is 1.89. The summed E-state index contributed by atoms with van der Waals surface area (Å²) in [6, 6.07) is 17.4. The summed E-state index contributed by atoms with van der Waals surface area (Å²) < 4.78 is 0. The second kappa shape index (κ2) is 9.30. The molecule has 1 aliphatic carbocycles. The quantitative estimate of drug-likeness (QED) is 0.210. The summed E-state index contributed by atoms with van der Waals surface area (Å²) in [5.74, 6) is 0. The molecule has 3 aromatic rings. The fourth-order valence-corrected chi connectivity index (χ4v) is 5.31. The number of aryl methyl sites for hydroxylation is 1. The molecule has 0 aliphatic heterocycles. The number of unbranched alkanes of at least 4 members (excludes halogenated alkanes) is 1. The molecule has 0 atom stereocenters. The van der Waals surface area contributed by atoms with Gasteiger partial charge in [0.15, 0.2) is 0 Å². The summed E-state index contributed by atoms with van der Waals surface area (Å²) in [6.45, 7) is 13.0. The van der Waals surface area contributed by atoms with Crippen LogP contribution in [0.3, 0.4) is 0 Å². The summed E-state index contributed by atoms with van der Waals surface area (Å²) in [6.07, 6.45) is 7.92. The fraction of sp³-hybridized carbons (Fsp3) is 0.367. The number of fused-ring (bicyclic) bond motifs is 3. The predicted octanol–water partition coefficient (Wildman–Crippen LogP) is 8.63. The highest BCUT2D eigenvalue weighted by atomic mass is 32.1. The second-order valence-electron chi connectivity index (χ2n) is 10.8. The second-order valence-corrected chi connectivity index (χ2v) is 11.7. The number of benzene rings is 2. The lowest BCUT2D eigenvalue weighted by molar-refractivity contribution is 0.00121. The SMILES string of the molecule is CC(C)(C)O/N=C1/c2ccccc2-c2ccc(/C=C/CCCc3ccsc3C(C)(C)C)cc21. The Hall–Kier alpha value is -2.65. The van der Waals surface area contributed by atoms with Crippen molar-refractivity contribution in [2.45, 2.75) is 71.8 Å². The first-order valence-corrected chi connectivity index (χ1v) is 12.8. The maximum absolute atomic E-state index is 5.82. The third-order valence-electron chi connectivity index (χ3n) is 5.74. The maximum atomic E-state index is 5.82. The van der Waals surface area contributed by atoms with Gasteiger partial charge < -0.3 is 4.84 Å². The minimum atomic E-state index is -0.322. The van der Waals surface area contributed by atoms with Gasteiger partial charge in [-0.05, 0) is 85.2 Å². The standard InChI is InChI=1S/C30H35NOS/c1-29(2,3)28-22(18-19-33-28)13-9-7-8-12-21-16-17-24-23-14-10-11-15-25(23)27(26(24)20-21)31-32-30(4,5)6/h8,10-12,14-20H,7,9,13H2,1-6H3/b12-8+,31-27-. The van der Waals surface area contributed by atoms with Gasteiger partial charge in [0, 0.05) is 16.0 Å². The van der Waals surface area contributed by atoms with Crippen LogP contribution in [0.2, 0.25) is 0 Å². The van der Waals surface area contributed by atoms with Gasteiger partial charge in [-0.3, -0.25) is 0 Å². The van der Waals surface area contributed by atoms with Gasteiger partial charge in [-0.25, -0.2) is 0 Å². The highest BCUT2D eigenvalue weighted by Gasteiger charge is 2.26. The molecule has 1 aliphatic rings. The van der Waals surface area contributed by atoms with E-state index in [4.69, 9.17) is 4.84 Å². The molecule has 0 fully saturated rings. The molecule has 0 unspecified atom stereocenters. The van der Waals surface area contributed by atoms with Crippen LogP contribution in [0.25, 0.3) is 17.2 Å². The zero-order valence-corrected chi connectivity index (χ0v) is 21.6. The van der Waals surface area contributed by atoms with Crippen molar-refractivity contribution in [3.8, 4) is 11.1 Å². The number of hydrogen-bond acceptors (Lipinski definition) is 3. The van der Waals surface area contributed by atoms with Crippen LogP contribution in [0.4, 0.5) is 0 Å². The molecule has 0 saturated heterocycles. The monoisotopic (exact) mass is 457 g/mol. The van der Waals surface area contributed by atoms with Crippen LogP contribution in [0.15, 0.2) is 65.1 Å². The number of hydrogen-bond donors (Lipinski definition) is 0. The lowest BCUT2D eigenvalue weighted by atomic mass is 9.90. The van der Waals surface area contributed by atoms with E-state index in [1.54, 1.807) is 0 Å². The zero-order valence-electron chi connectivity index (χ0n) is 20.7. The van der Waals surface area contributed by atoms with Crippen molar-refractivity contribution in [2.24, 2.45) is 5.16 Å². The molecule has 0 radical (unpaired) electrons. The van der Waals surface area contributed by atoms with Gasteiger partial charge in [0.25, 0.3) is 0 Å². The first-order chi connectivity index (χ1) is 15.6. The van der Waals surface area contributed by atoms with Gasteiger partial charge in [0.2, 0.25) is 0 Å².